The fourth-order valence-corrected chi connectivity index (χ4v) is 2.11. The lowest BCUT2D eigenvalue weighted by Crippen LogP contribution is -2.32. The molecular weight excluding hydrogens is 252 g/mol. The molecule has 0 radical (unpaired) electrons. The Morgan fingerprint density at radius 2 is 2.00 bits per heavy atom. The summed E-state index contributed by atoms with van der Waals surface area (Å²) in [5.41, 5.74) is 6.51. The first-order valence-electron chi connectivity index (χ1n) is 7.10. The molecule has 0 saturated heterocycles. The zero-order valence-corrected chi connectivity index (χ0v) is 12.9. The molecule has 0 aliphatic rings. The van der Waals surface area contributed by atoms with Crippen LogP contribution in [0.1, 0.15) is 34.1 Å². The summed E-state index contributed by atoms with van der Waals surface area (Å²) in [4.78, 5) is 12.3. The molecule has 1 unspecified atom stereocenters. The van der Waals surface area contributed by atoms with Crippen LogP contribution < -0.4 is 15.8 Å². The van der Waals surface area contributed by atoms with Gasteiger partial charge in [0.25, 0.3) is 0 Å². The summed E-state index contributed by atoms with van der Waals surface area (Å²) < 4.78 is 5.51. The molecule has 1 rings (SSSR count). The quantitative estimate of drug-likeness (QED) is 0.840. The molecule has 112 valence electrons. The third kappa shape index (κ3) is 5.21. The summed E-state index contributed by atoms with van der Waals surface area (Å²) in [5, 5.41) is 2.92. The molecule has 0 spiro atoms. The van der Waals surface area contributed by atoms with E-state index in [1.54, 1.807) is 0 Å². The Bertz CT molecular complexity index is 438. The number of nitrogens with two attached hydrogens (primary N) is 1. The minimum Gasteiger partial charge on any atom is -0.492 e. The van der Waals surface area contributed by atoms with Crippen molar-refractivity contribution in [2.24, 2.45) is 17.1 Å². The second kappa shape index (κ2) is 7.29. The van der Waals surface area contributed by atoms with Crippen LogP contribution in [0, 0.1) is 11.3 Å². The van der Waals surface area contributed by atoms with E-state index in [0.717, 1.165) is 6.42 Å². The highest BCUT2D eigenvalue weighted by Gasteiger charge is 2.24. The number of para-hydroxylation sites is 2. The van der Waals surface area contributed by atoms with E-state index in [-0.39, 0.29) is 17.2 Å². The standard InChI is InChI=1S/C16H26N2O2/c1-5-20-14-9-7-6-8-13(14)18-15(19)12(11-17)10-16(2,3)4/h6-9,12H,5,10-11,17H2,1-4H3,(H,18,19). The van der Waals surface area contributed by atoms with Gasteiger partial charge in [-0.2, -0.15) is 0 Å². The van der Waals surface area contributed by atoms with Crippen molar-refractivity contribution in [3.05, 3.63) is 24.3 Å². The largest absolute Gasteiger partial charge is 0.492 e. The van der Waals surface area contributed by atoms with Gasteiger partial charge in [0, 0.05) is 6.54 Å². The van der Waals surface area contributed by atoms with Gasteiger partial charge in [-0.25, -0.2) is 0 Å². The first kappa shape index (κ1) is 16.5. The minimum absolute atomic E-state index is 0.0467. The lowest BCUT2D eigenvalue weighted by molar-refractivity contribution is -0.120. The fraction of sp³-hybridized carbons (Fsp3) is 0.562. The topological polar surface area (TPSA) is 64.3 Å². The molecule has 0 aliphatic heterocycles. The SMILES string of the molecule is CCOc1ccccc1NC(=O)C(CN)CC(C)(C)C. The Labute approximate surface area is 121 Å². The van der Waals surface area contributed by atoms with E-state index >= 15 is 0 Å². The van der Waals surface area contributed by atoms with E-state index < -0.39 is 0 Å². The highest BCUT2D eigenvalue weighted by atomic mass is 16.5. The van der Waals surface area contributed by atoms with Gasteiger partial charge in [-0.3, -0.25) is 4.79 Å². The lowest BCUT2D eigenvalue weighted by atomic mass is 9.84. The third-order valence-electron chi connectivity index (χ3n) is 2.96. The Kier molecular flexibility index (Phi) is 6.02. The second-order valence-corrected chi connectivity index (χ2v) is 6.12. The number of hydrogen-bond acceptors (Lipinski definition) is 3. The van der Waals surface area contributed by atoms with Gasteiger partial charge in [0.15, 0.2) is 0 Å². The van der Waals surface area contributed by atoms with Gasteiger partial charge >= 0.3 is 0 Å². The van der Waals surface area contributed by atoms with E-state index in [2.05, 4.69) is 26.1 Å². The van der Waals surface area contributed by atoms with Crippen molar-refractivity contribution in [3.8, 4) is 5.75 Å². The summed E-state index contributed by atoms with van der Waals surface area (Å²) in [6, 6.07) is 7.45. The number of rotatable bonds is 6. The summed E-state index contributed by atoms with van der Waals surface area (Å²) in [5.74, 6) is 0.453. The molecule has 1 aromatic carbocycles. The summed E-state index contributed by atoms with van der Waals surface area (Å²) in [6.07, 6.45) is 0.756. The Hall–Kier alpha value is -1.55. The van der Waals surface area contributed by atoms with Gasteiger partial charge in [0.05, 0.1) is 18.2 Å². The zero-order valence-electron chi connectivity index (χ0n) is 12.9. The Morgan fingerprint density at radius 1 is 1.35 bits per heavy atom. The maximum atomic E-state index is 12.3. The van der Waals surface area contributed by atoms with E-state index in [0.29, 0.717) is 24.6 Å². The molecule has 0 aliphatic carbocycles. The van der Waals surface area contributed by atoms with Crippen LogP contribution in [0.4, 0.5) is 5.69 Å². The number of ether oxygens (including phenoxy) is 1. The van der Waals surface area contributed by atoms with Crippen molar-refractivity contribution < 1.29 is 9.53 Å². The zero-order chi connectivity index (χ0) is 15.2. The van der Waals surface area contributed by atoms with Crippen LogP contribution >= 0.6 is 0 Å². The highest BCUT2D eigenvalue weighted by molar-refractivity contribution is 5.94. The van der Waals surface area contributed by atoms with Crippen LogP contribution in [-0.2, 0) is 4.79 Å². The van der Waals surface area contributed by atoms with E-state index in [1.807, 2.05) is 31.2 Å². The van der Waals surface area contributed by atoms with Crippen LogP contribution in [0.5, 0.6) is 5.75 Å². The number of amides is 1. The third-order valence-corrected chi connectivity index (χ3v) is 2.96. The van der Waals surface area contributed by atoms with Gasteiger partial charge in [0.1, 0.15) is 5.75 Å². The number of anilines is 1. The van der Waals surface area contributed by atoms with Crippen molar-refractivity contribution in [2.45, 2.75) is 34.1 Å². The smallest absolute Gasteiger partial charge is 0.228 e. The second-order valence-electron chi connectivity index (χ2n) is 6.12. The lowest BCUT2D eigenvalue weighted by Gasteiger charge is -2.24. The number of nitrogens with one attached hydrogen (secondary N) is 1. The Morgan fingerprint density at radius 3 is 2.55 bits per heavy atom. The van der Waals surface area contributed by atoms with E-state index in [9.17, 15) is 4.79 Å². The molecule has 1 atom stereocenters. The monoisotopic (exact) mass is 278 g/mol. The molecule has 20 heavy (non-hydrogen) atoms. The van der Waals surface area contributed by atoms with Crippen LogP contribution in [-0.4, -0.2) is 19.1 Å². The number of carbonyl (C=O) groups excluding carboxylic acids is 1. The normalized spacial score (nSPS) is 12.8. The van der Waals surface area contributed by atoms with Gasteiger partial charge in [-0.1, -0.05) is 32.9 Å². The molecule has 4 nitrogen and oxygen atoms in total. The average molecular weight is 278 g/mol. The van der Waals surface area contributed by atoms with Crippen molar-refractivity contribution in [1.29, 1.82) is 0 Å². The fourth-order valence-electron chi connectivity index (χ4n) is 2.11. The van der Waals surface area contributed by atoms with Crippen LogP contribution in [0.2, 0.25) is 0 Å². The summed E-state index contributed by atoms with van der Waals surface area (Å²) >= 11 is 0. The summed E-state index contributed by atoms with van der Waals surface area (Å²) in [7, 11) is 0. The van der Waals surface area contributed by atoms with E-state index in [4.69, 9.17) is 10.5 Å². The number of hydrogen-bond donors (Lipinski definition) is 2. The molecule has 4 heteroatoms. The van der Waals surface area contributed by atoms with Crippen LogP contribution in [0.15, 0.2) is 24.3 Å². The maximum Gasteiger partial charge on any atom is 0.228 e. The maximum absolute atomic E-state index is 12.3. The molecule has 1 amide bonds. The van der Waals surface area contributed by atoms with Gasteiger partial charge < -0.3 is 15.8 Å². The molecule has 0 heterocycles. The van der Waals surface area contributed by atoms with Gasteiger partial charge in [0.2, 0.25) is 5.91 Å². The molecule has 0 aromatic heterocycles. The number of carbonyl (C=O) groups is 1. The van der Waals surface area contributed by atoms with Crippen LogP contribution in [0.25, 0.3) is 0 Å². The van der Waals surface area contributed by atoms with Gasteiger partial charge in [-0.15, -0.1) is 0 Å². The van der Waals surface area contributed by atoms with Gasteiger partial charge in [-0.05, 0) is 30.9 Å². The van der Waals surface area contributed by atoms with Crippen molar-refractivity contribution in [3.63, 3.8) is 0 Å². The van der Waals surface area contributed by atoms with Crippen molar-refractivity contribution in [1.82, 2.24) is 0 Å². The Balaban J connectivity index is 2.78. The molecule has 0 saturated carbocycles. The molecular formula is C16H26N2O2. The predicted molar refractivity (Wildman–Crippen MR) is 82.9 cm³/mol. The summed E-state index contributed by atoms with van der Waals surface area (Å²) in [6.45, 7) is 9.15. The van der Waals surface area contributed by atoms with Crippen molar-refractivity contribution in [2.75, 3.05) is 18.5 Å². The first-order valence-corrected chi connectivity index (χ1v) is 7.10. The highest BCUT2D eigenvalue weighted by Crippen LogP contribution is 2.27. The minimum atomic E-state index is -0.190. The molecule has 0 fully saturated rings. The average Bonchev–Trinajstić information content (AvgIpc) is 2.37. The van der Waals surface area contributed by atoms with E-state index in [1.165, 1.54) is 0 Å². The first-order chi connectivity index (χ1) is 9.37. The molecule has 0 bridgehead atoms. The van der Waals surface area contributed by atoms with Crippen molar-refractivity contribution >= 4 is 11.6 Å². The predicted octanol–water partition coefficient (Wildman–Crippen LogP) is 3.03. The molecule has 1 aromatic rings. The number of benzene rings is 1. The van der Waals surface area contributed by atoms with Crippen LogP contribution in [0.3, 0.4) is 0 Å². The molecule has 3 N–H and O–H groups in total.